The van der Waals surface area contributed by atoms with E-state index in [-0.39, 0.29) is 12.6 Å². The van der Waals surface area contributed by atoms with Gasteiger partial charge >= 0.3 is 5.63 Å². The van der Waals surface area contributed by atoms with Gasteiger partial charge in [-0.2, -0.15) is 0 Å². The van der Waals surface area contributed by atoms with Crippen molar-refractivity contribution in [3.05, 3.63) is 99.7 Å². The Morgan fingerprint density at radius 3 is 2.62 bits per heavy atom. The van der Waals surface area contributed by atoms with Crippen molar-refractivity contribution in [3.63, 3.8) is 0 Å². The standard InChI is InChI=1S/C28H26N2O4/c1-17-8-9-22-24(13-27(32)33-25(22)10-17)26-12-23-20(14-29-18(2)28(23)34-26)15-30-21(16-31)11-19-6-4-3-5-7-19/h3-10,12-14,21,30-31H,11,15-16H2,1-2H3. The molecule has 0 aliphatic carbocycles. The van der Waals surface area contributed by atoms with Crippen molar-refractivity contribution in [3.8, 4) is 11.3 Å². The second-order valence-corrected chi connectivity index (χ2v) is 8.65. The summed E-state index contributed by atoms with van der Waals surface area (Å²) >= 11 is 0. The highest BCUT2D eigenvalue weighted by atomic mass is 16.4. The molecule has 6 heteroatoms. The number of nitrogens with zero attached hydrogens (tertiary/aromatic N) is 1. The highest BCUT2D eigenvalue weighted by Crippen LogP contribution is 2.34. The summed E-state index contributed by atoms with van der Waals surface area (Å²) in [6.45, 7) is 4.41. The zero-order valence-corrected chi connectivity index (χ0v) is 19.2. The number of aromatic nitrogens is 1. The number of aryl methyl sites for hydroxylation is 2. The maximum Gasteiger partial charge on any atom is 0.336 e. The minimum Gasteiger partial charge on any atom is -0.454 e. The quantitative estimate of drug-likeness (QED) is 0.340. The second kappa shape index (κ2) is 9.25. The van der Waals surface area contributed by atoms with Gasteiger partial charge in [-0.05, 0) is 49.1 Å². The largest absolute Gasteiger partial charge is 0.454 e. The molecule has 0 fully saturated rings. The van der Waals surface area contributed by atoms with E-state index in [1.54, 1.807) is 0 Å². The molecule has 2 N–H and O–H groups in total. The Balaban J connectivity index is 1.49. The molecule has 1 atom stereocenters. The van der Waals surface area contributed by atoms with E-state index in [1.165, 1.54) is 6.07 Å². The molecule has 0 aliphatic rings. The molecule has 0 saturated carbocycles. The first-order valence-corrected chi connectivity index (χ1v) is 11.3. The summed E-state index contributed by atoms with van der Waals surface area (Å²) in [6.07, 6.45) is 2.56. The Bertz CT molecular complexity index is 1520. The van der Waals surface area contributed by atoms with Crippen molar-refractivity contribution >= 4 is 21.9 Å². The third kappa shape index (κ3) is 4.38. The van der Waals surface area contributed by atoms with Crippen LogP contribution in [0.3, 0.4) is 0 Å². The van der Waals surface area contributed by atoms with Crippen LogP contribution in [-0.4, -0.2) is 22.7 Å². The lowest BCUT2D eigenvalue weighted by atomic mass is 10.0. The molecule has 5 rings (SSSR count). The van der Waals surface area contributed by atoms with Crippen molar-refractivity contribution in [1.29, 1.82) is 0 Å². The highest BCUT2D eigenvalue weighted by molar-refractivity contribution is 5.95. The lowest BCUT2D eigenvalue weighted by Crippen LogP contribution is -2.34. The summed E-state index contributed by atoms with van der Waals surface area (Å²) in [6, 6.07) is 19.2. The van der Waals surface area contributed by atoms with Gasteiger partial charge in [-0.1, -0.05) is 42.5 Å². The van der Waals surface area contributed by atoms with Crippen LogP contribution < -0.4 is 10.9 Å². The maximum atomic E-state index is 12.2. The molecule has 3 aromatic heterocycles. The molecule has 34 heavy (non-hydrogen) atoms. The predicted octanol–water partition coefficient (Wildman–Crippen LogP) is 4.91. The van der Waals surface area contributed by atoms with Crippen LogP contribution in [0, 0.1) is 13.8 Å². The SMILES string of the molecule is Cc1ccc2c(-c3cc4c(CNC(CO)Cc5ccccc5)cnc(C)c4o3)cc(=O)oc2c1. The molecular weight excluding hydrogens is 428 g/mol. The van der Waals surface area contributed by atoms with Gasteiger partial charge in [-0.25, -0.2) is 4.79 Å². The molecule has 0 bridgehead atoms. The summed E-state index contributed by atoms with van der Waals surface area (Å²) in [5.74, 6) is 0.595. The molecule has 0 amide bonds. The van der Waals surface area contributed by atoms with Crippen LogP contribution >= 0.6 is 0 Å². The number of furan rings is 1. The Morgan fingerprint density at radius 1 is 1.00 bits per heavy atom. The van der Waals surface area contributed by atoms with Crippen LogP contribution in [0.25, 0.3) is 33.3 Å². The van der Waals surface area contributed by atoms with Gasteiger partial charge in [0.15, 0.2) is 5.58 Å². The van der Waals surface area contributed by atoms with E-state index in [2.05, 4.69) is 22.4 Å². The molecule has 0 radical (unpaired) electrons. The van der Waals surface area contributed by atoms with Crippen LogP contribution in [-0.2, 0) is 13.0 Å². The topological polar surface area (TPSA) is 88.5 Å². The average Bonchev–Trinajstić information content (AvgIpc) is 3.29. The fourth-order valence-electron chi connectivity index (χ4n) is 4.30. The number of pyridine rings is 1. The molecule has 1 unspecified atom stereocenters. The number of aliphatic hydroxyl groups is 1. The first-order valence-electron chi connectivity index (χ1n) is 11.3. The van der Waals surface area contributed by atoms with Crippen molar-refractivity contribution in [1.82, 2.24) is 10.3 Å². The smallest absolute Gasteiger partial charge is 0.336 e. The molecule has 0 saturated heterocycles. The van der Waals surface area contributed by atoms with Crippen LogP contribution in [0.4, 0.5) is 0 Å². The molecule has 172 valence electrons. The van der Waals surface area contributed by atoms with Crippen LogP contribution in [0.2, 0.25) is 0 Å². The Labute approximate surface area is 196 Å². The van der Waals surface area contributed by atoms with Gasteiger partial charge < -0.3 is 19.3 Å². The number of rotatable bonds is 7. The van der Waals surface area contributed by atoms with Gasteiger partial charge in [0.1, 0.15) is 11.3 Å². The summed E-state index contributed by atoms with van der Waals surface area (Å²) in [4.78, 5) is 16.8. The van der Waals surface area contributed by atoms with E-state index in [1.807, 2.05) is 62.5 Å². The molecular formula is C28H26N2O4. The monoisotopic (exact) mass is 454 g/mol. The first-order chi connectivity index (χ1) is 16.5. The summed E-state index contributed by atoms with van der Waals surface area (Å²) in [5, 5.41) is 15.1. The second-order valence-electron chi connectivity index (χ2n) is 8.65. The maximum absolute atomic E-state index is 12.2. The number of nitrogens with one attached hydrogen (secondary N) is 1. The van der Waals surface area contributed by atoms with Crippen LogP contribution in [0.1, 0.15) is 22.4 Å². The van der Waals surface area contributed by atoms with E-state index in [4.69, 9.17) is 8.83 Å². The van der Waals surface area contributed by atoms with E-state index >= 15 is 0 Å². The minimum absolute atomic E-state index is 0.0269. The molecule has 2 aromatic carbocycles. The lowest BCUT2D eigenvalue weighted by Gasteiger charge is -2.16. The lowest BCUT2D eigenvalue weighted by molar-refractivity contribution is 0.241. The summed E-state index contributed by atoms with van der Waals surface area (Å²) in [5.41, 5.74) is 5.41. The predicted molar refractivity (Wildman–Crippen MR) is 133 cm³/mol. The molecule has 0 aliphatic heterocycles. The number of fused-ring (bicyclic) bond motifs is 2. The normalized spacial score (nSPS) is 12.4. The fraction of sp³-hybridized carbons (Fsp3) is 0.214. The van der Waals surface area contributed by atoms with Gasteiger partial charge in [-0.3, -0.25) is 4.98 Å². The van der Waals surface area contributed by atoms with Gasteiger partial charge in [0.25, 0.3) is 0 Å². The van der Waals surface area contributed by atoms with E-state index in [0.717, 1.165) is 39.6 Å². The molecule has 3 heterocycles. The van der Waals surface area contributed by atoms with Crippen molar-refractivity contribution in [2.75, 3.05) is 6.61 Å². The van der Waals surface area contributed by atoms with Gasteiger partial charge in [0.2, 0.25) is 0 Å². The highest BCUT2D eigenvalue weighted by Gasteiger charge is 2.17. The zero-order chi connectivity index (χ0) is 23.7. The molecule has 5 aromatic rings. The van der Waals surface area contributed by atoms with Crippen molar-refractivity contribution in [2.45, 2.75) is 32.9 Å². The van der Waals surface area contributed by atoms with Gasteiger partial charge in [0, 0.05) is 41.2 Å². The first kappa shape index (κ1) is 22.1. The van der Waals surface area contributed by atoms with Gasteiger partial charge in [-0.15, -0.1) is 0 Å². The van der Waals surface area contributed by atoms with Crippen LogP contribution in [0.5, 0.6) is 0 Å². The average molecular weight is 455 g/mol. The molecule has 0 spiro atoms. The Kier molecular flexibility index (Phi) is 6.01. The number of benzene rings is 2. The molecule has 6 nitrogen and oxygen atoms in total. The number of aliphatic hydroxyl groups excluding tert-OH is 1. The van der Waals surface area contributed by atoms with Crippen molar-refractivity contribution < 1.29 is 13.9 Å². The number of hydrogen-bond donors (Lipinski definition) is 2. The zero-order valence-electron chi connectivity index (χ0n) is 19.2. The third-order valence-electron chi connectivity index (χ3n) is 6.11. The summed E-state index contributed by atoms with van der Waals surface area (Å²) in [7, 11) is 0. The number of hydrogen-bond acceptors (Lipinski definition) is 6. The van der Waals surface area contributed by atoms with Crippen molar-refractivity contribution in [2.24, 2.45) is 0 Å². The van der Waals surface area contributed by atoms with E-state index in [9.17, 15) is 9.90 Å². The van der Waals surface area contributed by atoms with E-state index in [0.29, 0.717) is 29.0 Å². The Morgan fingerprint density at radius 2 is 1.82 bits per heavy atom. The Hall–Kier alpha value is -3.74. The third-order valence-corrected chi connectivity index (χ3v) is 6.11. The van der Waals surface area contributed by atoms with Crippen LogP contribution in [0.15, 0.2) is 80.5 Å². The fourth-order valence-corrected chi connectivity index (χ4v) is 4.30. The van der Waals surface area contributed by atoms with Gasteiger partial charge in [0.05, 0.1) is 12.3 Å². The summed E-state index contributed by atoms with van der Waals surface area (Å²) < 4.78 is 11.6. The minimum atomic E-state index is -0.419. The van der Waals surface area contributed by atoms with E-state index < -0.39 is 5.63 Å².